The minimum absolute atomic E-state index is 0.129. The zero-order chi connectivity index (χ0) is 18.1. The largest absolute Gasteiger partial charge is 0.289 e. The predicted molar refractivity (Wildman–Crippen MR) is 97.4 cm³/mol. The van der Waals surface area contributed by atoms with Crippen LogP contribution in [-0.2, 0) is 0 Å². The summed E-state index contributed by atoms with van der Waals surface area (Å²) in [7, 11) is 0. The monoisotopic (exact) mass is 456 g/mol. The van der Waals surface area contributed by atoms with Gasteiger partial charge in [-0.05, 0) is 37.9 Å². The van der Waals surface area contributed by atoms with Gasteiger partial charge in [-0.15, -0.1) is 0 Å². The molecule has 0 unspecified atom stereocenters. The fraction of sp³-hybridized carbons (Fsp3) is 0. The highest BCUT2D eigenvalue weighted by Gasteiger charge is 2.34. The first kappa shape index (κ1) is 17.0. The Kier molecular flexibility index (Phi) is 4.49. The summed E-state index contributed by atoms with van der Waals surface area (Å²) < 4.78 is 0.912. The lowest BCUT2D eigenvalue weighted by Crippen LogP contribution is -2.23. The highest BCUT2D eigenvalue weighted by molar-refractivity contribution is 9.11. The third-order valence-corrected chi connectivity index (χ3v) is 4.84. The Morgan fingerprint density at radius 1 is 0.960 bits per heavy atom. The van der Waals surface area contributed by atoms with E-state index in [1.165, 1.54) is 0 Å². The van der Waals surface area contributed by atoms with Crippen molar-refractivity contribution in [1.29, 1.82) is 10.5 Å². The second-order valence-corrected chi connectivity index (χ2v) is 6.67. The molecule has 8 heteroatoms. The van der Waals surface area contributed by atoms with E-state index in [2.05, 4.69) is 42.4 Å². The predicted octanol–water partition coefficient (Wildman–Crippen LogP) is 3.80. The summed E-state index contributed by atoms with van der Waals surface area (Å²) in [6, 6.07) is 11.4. The lowest BCUT2D eigenvalue weighted by Gasteiger charge is -2.22. The zero-order valence-electron chi connectivity index (χ0n) is 12.3. The number of benzene rings is 2. The van der Waals surface area contributed by atoms with Gasteiger partial charge in [0.05, 0.1) is 16.8 Å². The van der Waals surface area contributed by atoms with E-state index >= 15 is 0 Å². The summed E-state index contributed by atoms with van der Waals surface area (Å²) in [6.07, 6.45) is 0. The molecule has 0 atom stereocenters. The van der Waals surface area contributed by atoms with Crippen molar-refractivity contribution in [2.24, 2.45) is 5.10 Å². The summed E-state index contributed by atoms with van der Waals surface area (Å²) in [5.74, 6) is -0.641. The van der Waals surface area contributed by atoms with Crippen molar-refractivity contribution < 1.29 is 9.59 Å². The Bertz CT molecular complexity index is 1050. The van der Waals surface area contributed by atoms with Crippen molar-refractivity contribution >= 4 is 54.8 Å². The number of hydrogen-bond acceptors (Lipinski definition) is 6. The van der Waals surface area contributed by atoms with E-state index < -0.39 is 5.71 Å². The molecule has 0 radical (unpaired) electrons. The molecule has 1 aliphatic carbocycles. The maximum absolute atomic E-state index is 13.0. The maximum Gasteiger partial charge on any atom is 0.237 e. The molecule has 0 aliphatic heterocycles. The van der Waals surface area contributed by atoms with E-state index in [4.69, 9.17) is 10.5 Å². The van der Waals surface area contributed by atoms with Crippen LogP contribution in [0.2, 0.25) is 0 Å². The molecule has 0 saturated heterocycles. The maximum atomic E-state index is 13.0. The standard InChI is InChI=1S/C17H6Br2N4O2/c18-11-5-12(19)15(23-22-8(6-20)7-21)14-13(11)16(24)9-3-1-2-4-10(9)17(14)25/h1-5,23H. The molecule has 2 aromatic rings. The van der Waals surface area contributed by atoms with Gasteiger partial charge in [-0.2, -0.15) is 15.6 Å². The van der Waals surface area contributed by atoms with Crippen LogP contribution in [0.3, 0.4) is 0 Å². The third kappa shape index (κ3) is 2.76. The van der Waals surface area contributed by atoms with E-state index in [9.17, 15) is 9.59 Å². The zero-order valence-corrected chi connectivity index (χ0v) is 15.5. The van der Waals surface area contributed by atoms with Crippen molar-refractivity contribution in [1.82, 2.24) is 0 Å². The van der Waals surface area contributed by atoms with Gasteiger partial charge in [0, 0.05) is 20.1 Å². The minimum Gasteiger partial charge on any atom is -0.289 e. The molecule has 3 rings (SSSR count). The molecule has 25 heavy (non-hydrogen) atoms. The Balaban J connectivity index is 2.27. The molecule has 2 aromatic carbocycles. The van der Waals surface area contributed by atoms with Crippen LogP contribution in [0, 0.1) is 22.7 Å². The average Bonchev–Trinajstić information content (AvgIpc) is 2.61. The van der Waals surface area contributed by atoms with Crippen molar-refractivity contribution in [2.45, 2.75) is 0 Å². The number of anilines is 1. The minimum atomic E-state index is -0.404. The number of nitrogens with one attached hydrogen (secondary N) is 1. The molecule has 6 nitrogen and oxygen atoms in total. The van der Waals surface area contributed by atoms with Crippen molar-refractivity contribution in [3.8, 4) is 12.1 Å². The highest BCUT2D eigenvalue weighted by Crippen LogP contribution is 2.40. The van der Waals surface area contributed by atoms with E-state index in [1.807, 2.05) is 0 Å². The number of hydrogen-bond donors (Lipinski definition) is 1. The number of carbonyl (C=O) groups excluding carboxylic acids is 2. The number of rotatable bonds is 2. The van der Waals surface area contributed by atoms with Gasteiger partial charge in [0.2, 0.25) is 5.71 Å². The van der Waals surface area contributed by atoms with Gasteiger partial charge in [0.1, 0.15) is 12.1 Å². The van der Waals surface area contributed by atoms with Crippen LogP contribution in [0.4, 0.5) is 5.69 Å². The van der Waals surface area contributed by atoms with Crippen LogP contribution in [0.15, 0.2) is 44.4 Å². The Morgan fingerprint density at radius 3 is 2.08 bits per heavy atom. The van der Waals surface area contributed by atoms with Crippen LogP contribution >= 0.6 is 31.9 Å². The first-order valence-corrected chi connectivity index (χ1v) is 8.42. The smallest absolute Gasteiger partial charge is 0.237 e. The molecule has 0 aromatic heterocycles. The second-order valence-electron chi connectivity index (χ2n) is 4.96. The molecular formula is C17H6Br2N4O2. The molecule has 0 bridgehead atoms. The number of ketones is 2. The number of hydrazone groups is 1. The Morgan fingerprint density at radius 2 is 1.52 bits per heavy atom. The van der Waals surface area contributed by atoms with Crippen LogP contribution < -0.4 is 5.43 Å². The molecule has 0 amide bonds. The highest BCUT2D eigenvalue weighted by atomic mass is 79.9. The molecule has 0 saturated carbocycles. The molecule has 1 N–H and O–H groups in total. The summed E-state index contributed by atoms with van der Waals surface area (Å²) in [6.45, 7) is 0. The first-order valence-electron chi connectivity index (χ1n) is 6.84. The number of halogens is 2. The van der Waals surface area contributed by atoms with Crippen molar-refractivity contribution in [3.05, 3.63) is 61.5 Å². The van der Waals surface area contributed by atoms with E-state index in [-0.39, 0.29) is 33.9 Å². The number of fused-ring (bicyclic) bond motifs is 2. The quantitative estimate of drug-likeness (QED) is 0.465. The van der Waals surface area contributed by atoms with Gasteiger partial charge in [0.15, 0.2) is 11.6 Å². The Hall–Kier alpha value is -2.81. The molecule has 0 fully saturated rings. The van der Waals surface area contributed by atoms with Crippen LogP contribution in [0.1, 0.15) is 31.8 Å². The van der Waals surface area contributed by atoms with E-state index in [0.717, 1.165) is 0 Å². The second kappa shape index (κ2) is 6.60. The number of carbonyl (C=O) groups is 2. The fourth-order valence-electron chi connectivity index (χ4n) is 2.51. The summed E-state index contributed by atoms with van der Waals surface area (Å²) >= 11 is 6.64. The first-order chi connectivity index (χ1) is 12.0. The van der Waals surface area contributed by atoms with Gasteiger partial charge < -0.3 is 0 Å². The summed E-state index contributed by atoms with van der Waals surface area (Å²) in [4.78, 5) is 25.8. The van der Waals surface area contributed by atoms with Crippen molar-refractivity contribution in [3.63, 3.8) is 0 Å². The fourth-order valence-corrected chi connectivity index (χ4v) is 3.94. The van der Waals surface area contributed by atoms with E-state index in [1.54, 1.807) is 42.5 Å². The lowest BCUT2D eigenvalue weighted by molar-refractivity contribution is 0.0979. The number of nitrogens with zero attached hydrogens (tertiary/aromatic N) is 3. The molecule has 1 aliphatic rings. The van der Waals surface area contributed by atoms with Crippen LogP contribution in [-0.4, -0.2) is 17.3 Å². The average molecular weight is 458 g/mol. The lowest BCUT2D eigenvalue weighted by atomic mass is 9.83. The summed E-state index contributed by atoms with van der Waals surface area (Å²) in [5.41, 5.74) is 3.32. The topological polar surface area (TPSA) is 106 Å². The van der Waals surface area contributed by atoms with E-state index in [0.29, 0.717) is 14.5 Å². The normalized spacial score (nSPS) is 11.7. The molecule has 120 valence electrons. The molecular weight excluding hydrogens is 452 g/mol. The van der Waals surface area contributed by atoms with Crippen LogP contribution in [0.5, 0.6) is 0 Å². The summed E-state index contributed by atoms with van der Waals surface area (Å²) in [5, 5.41) is 21.3. The SMILES string of the molecule is N#CC(C#N)=NNc1c(Br)cc(Br)c2c1C(=O)c1ccccc1C2=O. The Labute approximate surface area is 159 Å². The van der Waals surface area contributed by atoms with Gasteiger partial charge in [-0.1, -0.05) is 24.3 Å². The number of nitriles is 2. The third-order valence-electron chi connectivity index (χ3n) is 3.59. The van der Waals surface area contributed by atoms with Gasteiger partial charge in [-0.25, -0.2) is 0 Å². The van der Waals surface area contributed by atoms with Crippen molar-refractivity contribution in [2.75, 3.05) is 5.43 Å². The molecule has 0 heterocycles. The van der Waals surface area contributed by atoms with Gasteiger partial charge in [-0.3, -0.25) is 15.0 Å². The van der Waals surface area contributed by atoms with Gasteiger partial charge >= 0.3 is 0 Å². The van der Waals surface area contributed by atoms with Gasteiger partial charge in [0.25, 0.3) is 0 Å². The van der Waals surface area contributed by atoms with Crippen LogP contribution in [0.25, 0.3) is 0 Å². The molecule has 0 spiro atoms.